The third-order valence-corrected chi connectivity index (χ3v) is 4.30. The first-order valence-electron chi connectivity index (χ1n) is 7.01. The first kappa shape index (κ1) is 12.0. The Morgan fingerprint density at radius 1 is 1.22 bits per heavy atom. The largest absolute Gasteiger partial charge is 0.487 e. The zero-order valence-electron chi connectivity index (χ0n) is 11.6. The minimum atomic E-state index is -0.0341. The molecule has 0 unspecified atom stereocenters. The van der Waals surface area contributed by atoms with E-state index in [-0.39, 0.29) is 5.60 Å². The molecular weight excluding hydrogens is 222 g/mol. The number of benzene rings is 1. The van der Waals surface area contributed by atoms with Gasteiger partial charge in [0, 0.05) is 25.1 Å². The van der Waals surface area contributed by atoms with Gasteiger partial charge >= 0.3 is 0 Å². The molecule has 2 nitrogen and oxygen atoms in total. The number of nitrogens with zero attached hydrogens (tertiary/aromatic N) is 1. The molecule has 0 spiro atoms. The topological polar surface area (TPSA) is 23.3 Å². The summed E-state index contributed by atoms with van der Waals surface area (Å²) < 4.78 is 6.00. The quantitative estimate of drug-likeness (QED) is 0.744. The van der Waals surface area contributed by atoms with Crippen molar-refractivity contribution in [2.75, 3.05) is 13.1 Å². The number of rotatable bonds is 1. The highest BCUT2D eigenvalue weighted by Crippen LogP contribution is 2.40. The minimum absolute atomic E-state index is 0.0341. The zero-order valence-corrected chi connectivity index (χ0v) is 11.6. The molecule has 0 bridgehead atoms. The van der Waals surface area contributed by atoms with Gasteiger partial charge < -0.3 is 4.74 Å². The molecule has 1 aromatic carbocycles. The Balaban J connectivity index is 1.94. The summed E-state index contributed by atoms with van der Waals surface area (Å²) in [5.74, 6) is 1.80. The summed E-state index contributed by atoms with van der Waals surface area (Å²) in [7, 11) is 0. The van der Waals surface area contributed by atoms with E-state index in [0.717, 1.165) is 25.3 Å². The van der Waals surface area contributed by atoms with Gasteiger partial charge in [0.1, 0.15) is 11.4 Å². The fourth-order valence-corrected chi connectivity index (χ4v) is 3.33. The van der Waals surface area contributed by atoms with Gasteiger partial charge in [-0.25, -0.2) is 5.32 Å². The van der Waals surface area contributed by atoms with Crippen LogP contribution in [0.5, 0.6) is 5.75 Å². The SMILES string of the molecule is Cc1c(C2CC[N]CC2)ccc2c1CC(C)(C)O2. The molecule has 0 N–H and O–H groups in total. The summed E-state index contributed by atoms with van der Waals surface area (Å²) in [6.07, 6.45) is 3.47. The van der Waals surface area contributed by atoms with Crippen LogP contribution in [0.4, 0.5) is 0 Å². The van der Waals surface area contributed by atoms with Gasteiger partial charge in [-0.2, -0.15) is 0 Å². The fraction of sp³-hybridized carbons (Fsp3) is 0.625. The van der Waals surface area contributed by atoms with Gasteiger partial charge in [-0.05, 0) is 56.7 Å². The molecule has 0 aliphatic carbocycles. The van der Waals surface area contributed by atoms with E-state index in [0.29, 0.717) is 5.92 Å². The third kappa shape index (κ3) is 2.03. The second kappa shape index (κ2) is 4.27. The van der Waals surface area contributed by atoms with E-state index in [1.165, 1.54) is 29.5 Å². The van der Waals surface area contributed by atoms with Crippen molar-refractivity contribution in [2.24, 2.45) is 0 Å². The van der Waals surface area contributed by atoms with Crippen LogP contribution in [0.15, 0.2) is 12.1 Å². The number of hydrogen-bond donors (Lipinski definition) is 0. The van der Waals surface area contributed by atoms with E-state index in [9.17, 15) is 0 Å². The summed E-state index contributed by atoms with van der Waals surface area (Å²) in [5, 5.41) is 4.45. The Bertz CT molecular complexity index is 458. The molecule has 0 atom stereocenters. The second-order valence-corrected chi connectivity index (χ2v) is 6.24. The molecule has 2 aliphatic rings. The van der Waals surface area contributed by atoms with Crippen LogP contribution >= 0.6 is 0 Å². The van der Waals surface area contributed by atoms with Crippen LogP contribution in [0.2, 0.25) is 0 Å². The van der Waals surface area contributed by atoms with Crippen molar-refractivity contribution >= 4 is 0 Å². The molecule has 1 fully saturated rings. The van der Waals surface area contributed by atoms with Crippen LogP contribution in [0.25, 0.3) is 0 Å². The maximum atomic E-state index is 6.00. The predicted octanol–water partition coefficient (Wildman–Crippen LogP) is 3.19. The first-order chi connectivity index (χ1) is 8.57. The lowest BCUT2D eigenvalue weighted by Crippen LogP contribution is -2.24. The summed E-state index contributed by atoms with van der Waals surface area (Å²) in [5.41, 5.74) is 4.39. The van der Waals surface area contributed by atoms with E-state index in [1.54, 1.807) is 0 Å². The first-order valence-corrected chi connectivity index (χ1v) is 7.01. The lowest BCUT2D eigenvalue weighted by molar-refractivity contribution is 0.138. The average Bonchev–Trinajstić information content (AvgIpc) is 2.66. The lowest BCUT2D eigenvalue weighted by Gasteiger charge is -2.24. The van der Waals surface area contributed by atoms with Crippen molar-refractivity contribution in [1.82, 2.24) is 5.32 Å². The molecule has 1 radical (unpaired) electrons. The van der Waals surface area contributed by atoms with Gasteiger partial charge in [-0.3, -0.25) is 0 Å². The number of fused-ring (bicyclic) bond motifs is 1. The molecule has 0 amide bonds. The van der Waals surface area contributed by atoms with Crippen LogP contribution in [-0.2, 0) is 6.42 Å². The van der Waals surface area contributed by atoms with Gasteiger partial charge in [0.25, 0.3) is 0 Å². The highest BCUT2D eigenvalue weighted by Gasteiger charge is 2.32. The van der Waals surface area contributed by atoms with Crippen LogP contribution in [0, 0.1) is 6.92 Å². The number of piperidine rings is 1. The normalized spacial score (nSPS) is 22.6. The smallest absolute Gasteiger partial charge is 0.123 e. The molecule has 2 aliphatic heterocycles. The molecule has 18 heavy (non-hydrogen) atoms. The Hall–Kier alpha value is -1.02. The maximum absolute atomic E-state index is 6.00. The van der Waals surface area contributed by atoms with E-state index in [1.807, 2.05) is 0 Å². The standard InChI is InChI=1S/C16H22NO/c1-11-13(12-6-8-17-9-7-12)4-5-15-14(11)10-16(2,3)18-15/h4-5,12H,6-10H2,1-3H3. The Morgan fingerprint density at radius 2 is 1.94 bits per heavy atom. The third-order valence-electron chi connectivity index (χ3n) is 4.30. The molecule has 97 valence electrons. The van der Waals surface area contributed by atoms with Crippen molar-refractivity contribution in [3.8, 4) is 5.75 Å². The molecule has 1 aromatic rings. The lowest BCUT2D eigenvalue weighted by atomic mass is 9.84. The molecule has 3 rings (SSSR count). The maximum Gasteiger partial charge on any atom is 0.123 e. The van der Waals surface area contributed by atoms with E-state index >= 15 is 0 Å². The predicted molar refractivity (Wildman–Crippen MR) is 73.4 cm³/mol. The number of hydrogen-bond acceptors (Lipinski definition) is 1. The monoisotopic (exact) mass is 244 g/mol. The summed E-state index contributed by atoms with van der Waals surface area (Å²) >= 11 is 0. The highest BCUT2D eigenvalue weighted by atomic mass is 16.5. The minimum Gasteiger partial charge on any atom is -0.487 e. The fourth-order valence-electron chi connectivity index (χ4n) is 3.33. The number of ether oxygens (including phenoxy) is 1. The van der Waals surface area contributed by atoms with Crippen molar-refractivity contribution in [3.63, 3.8) is 0 Å². The zero-order chi connectivity index (χ0) is 12.8. The second-order valence-electron chi connectivity index (χ2n) is 6.24. The average molecular weight is 244 g/mol. The van der Waals surface area contributed by atoms with Crippen LogP contribution in [0.1, 0.15) is 49.3 Å². The van der Waals surface area contributed by atoms with E-state index in [4.69, 9.17) is 4.74 Å². The molecule has 2 heterocycles. The summed E-state index contributed by atoms with van der Waals surface area (Å²) in [4.78, 5) is 0. The van der Waals surface area contributed by atoms with Gasteiger partial charge in [0.05, 0.1) is 0 Å². The molecular formula is C16H22NO. The van der Waals surface area contributed by atoms with Crippen molar-refractivity contribution in [3.05, 3.63) is 28.8 Å². The van der Waals surface area contributed by atoms with Crippen LogP contribution in [0.3, 0.4) is 0 Å². The Labute approximate surface area is 110 Å². The van der Waals surface area contributed by atoms with Gasteiger partial charge in [-0.15, -0.1) is 0 Å². The highest BCUT2D eigenvalue weighted by molar-refractivity contribution is 5.49. The Morgan fingerprint density at radius 3 is 2.67 bits per heavy atom. The molecule has 0 saturated carbocycles. The van der Waals surface area contributed by atoms with Gasteiger partial charge in [0.15, 0.2) is 0 Å². The van der Waals surface area contributed by atoms with Crippen LogP contribution < -0.4 is 10.1 Å². The van der Waals surface area contributed by atoms with Gasteiger partial charge in [0.2, 0.25) is 0 Å². The molecule has 1 saturated heterocycles. The van der Waals surface area contributed by atoms with Crippen molar-refractivity contribution < 1.29 is 4.74 Å². The Kier molecular flexibility index (Phi) is 2.86. The summed E-state index contributed by atoms with van der Waals surface area (Å²) in [6, 6.07) is 4.46. The molecule has 0 aromatic heterocycles. The summed E-state index contributed by atoms with van der Waals surface area (Å²) in [6.45, 7) is 8.67. The van der Waals surface area contributed by atoms with E-state index in [2.05, 4.69) is 38.2 Å². The van der Waals surface area contributed by atoms with E-state index < -0.39 is 0 Å². The van der Waals surface area contributed by atoms with Gasteiger partial charge in [-0.1, -0.05) is 6.07 Å². The van der Waals surface area contributed by atoms with Crippen molar-refractivity contribution in [1.29, 1.82) is 0 Å². The van der Waals surface area contributed by atoms with Crippen molar-refractivity contribution in [2.45, 2.75) is 51.6 Å². The molecule has 2 heteroatoms. The van der Waals surface area contributed by atoms with Crippen LogP contribution in [-0.4, -0.2) is 18.7 Å².